The normalized spacial score (nSPS) is 12.2. The number of fused-ring (bicyclic) bond motifs is 6. The molecule has 0 fully saturated rings. The Morgan fingerprint density at radius 2 is 0.744 bits per heavy atom. The molecule has 8 nitrogen and oxygen atoms in total. The second-order valence-electron chi connectivity index (χ2n) is 27.9. The summed E-state index contributed by atoms with van der Waals surface area (Å²) in [5.74, 6) is 1.32. The second kappa shape index (κ2) is 21.8. The number of benzene rings is 10. The first-order chi connectivity index (χ1) is 43.0. The lowest BCUT2D eigenvalue weighted by molar-refractivity contribution is 0.590. The van der Waals surface area contributed by atoms with Crippen LogP contribution in [-0.4, -0.2) is 24.1 Å². The molecule has 0 aliphatic heterocycles. The van der Waals surface area contributed by atoms with Crippen LogP contribution < -0.4 is 0 Å². The predicted octanol–water partition coefficient (Wildman–Crippen LogP) is 21.6. The van der Waals surface area contributed by atoms with E-state index in [-0.39, 0.29) is 21.7 Å². The van der Waals surface area contributed by atoms with Gasteiger partial charge in [-0.15, -0.1) is 0 Å². The third-order valence-electron chi connectivity index (χ3n) is 17.7. The fourth-order valence-electron chi connectivity index (χ4n) is 12.6. The summed E-state index contributed by atoms with van der Waals surface area (Å²) in [7, 11) is 0. The van der Waals surface area contributed by atoms with Gasteiger partial charge in [-0.25, -0.2) is 19.8 Å². The SMILES string of the molecule is [C-]#[N+]c1cccc(-c2ccc(-c3nc(-c4ccc(-c5cccc(C#N)c5)c(-n5c6ccc(C(C)(C)C)cc6c6cc(C(C)(C)C)ccc65)c4)nc(-c4ccccc4-c4ccccc4C#N)n3)cc2-n2c3ccc(C(C)(C)C)cc3c3cc(C(C)(C)C)ccc32)c1. The molecule has 0 saturated heterocycles. The standard InChI is InChI=1S/C82H70N8/c1-79(2,3)56-30-36-70-66(44-56)67-45-57(80(4,5)6)31-37-71(67)89(70)74-42-53(28-34-62(74)51-22-18-20-50(40-51)48-83)76-86-77(88-78(87-76)65-27-17-16-26-64(65)61-25-15-14-21-55(61)49-84)54-29-35-63(52-23-19-24-60(41-52)85-13)75(43-54)90-72-38-32-58(81(7,8)9)46-68(72)69-47-59(82(10,11)12)33-39-73(69)90/h14-47H,1-12H3. The molecule has 90 heavy (non-hydrogen) atoms. The first kappa shape index (κ1) is 58.3. The van der Waals surface area contributed by atoms with Crippen molar-refractivity contribution in [3.8, 4) is 91.1 Å². The van der Waals surface area contributed by atoms with Crippen molar-refractivity contribution in [2.24, 2.45) is 0 Å². The van der Waals surface area contributed by atoms with Crippen molar-refractivity contribution in [3.63, 3.8) is 0 Å². The van der Waals surface area contributed by atoms with Gasteiger partial charge >= 0.3 is 0 Å². The van der Waals surface area contributed by atoms with Crippen molar-refractivity contribution < 1.29 is 0 Å². The smallest absolute Gasteiger partial charge is 0.187 e. The molecule has 0 amide bonds. The van der Waals surface area contributed by atoms with E-state index < -0.39 is 0 Å². The molecule has 10 aromatic carbocycles. The Hall–Kier alpha value is -10.7. The fraction of sp³-hybridized carbons (Fsp3) is 0.195. The zero-order valence-electron chi connectivity index (χ0n) is 53.2. The molecule has 13 rings (SSSR count). The van der Waals surface area contributed by atoms with Crippen molar-refractivity contribution in [2.45, 2.75) is 105 Å². The van der Waals surface area contributed by atoms with Crippen LogP contribution in [0.2, 0.25) is 0 Å². The molecule has 0 saturated carbocycles. The first-order valence-electron chi connectivity index (χ1n) is 30.8. The van der Waals surface area contributed by atoms with Crippen LogP contribution in [0.5, 0.6) is 0 Å². The van der Waals surface area contributed by atoms with Crippen molar-refractivity contribution >= 4 is 49.3 Å². The largest absolute Gasteiger partial charge is 0.309 e. The van der Waals surface area contributed by atoms with Gasteiger partial charge in [-0.2, -0.15) is 10.5 Å². The zero-order chi connectivity index (χ0) is 63.2. The van der Waals surface area contributed by atoms with Crippen LogP contribution in [0.1, 0.15) is 116 Å². The lowest BCUT2D eigenvalue weighted by Gasteiger charge is -2.20. The van der Waals surface area contributed by atoms with Crippen LogP contribution in [0.25, 0.3) is 127 Å². The third-order valence-corrected chi connectivity index (χ3v) is 17.7. The second-order valence-corrected chi connectivity index (χ2v) is 27.9. The summed E-state index contributed by atoms with van der Waals surface area (Å²) in [6.07, 6.45) is 0. The van der Waals surface area contributed by atoms with Crippen LogP contribution in [0.4, 0.5) is 5.69 Å². The van der Waals surface area contributed by atoms with E-state index in [2.05, 4.69) is 231 Å². The minimum Gasteiger partial charge on any atom is -0.309 e. The van der Waals surface area contributed by atoms with Gasteiger partial charge in [0.05, 0.1) is 63.3 Å². The molecular weight excluding hydrogens is 1100 g/mol. The molecule has 0 radical (unpaired) electrons. The summed E-state index contributed by atoms with van der Waals surface area (Å²) in [5, 5.41) is 25.5. The molecule has 438 valence electrons. The molecule has 8 heteroatoms. The quantitative estimate of drug-likeness (QED) is 0.141. The Bertz CT molecular complexity index is 4800. The minimum absolute atomic E-state index is 0.0990. The van der Waals surface area contributed by atoms with Crippen LogP contribution >= 0.6 is 0 Å². The Morgan fingerprint density at radius 1 is 0.344 bits per heavy atom. The molecule has 0 aliphatic rings. The fourth-order valence-corrected chi connectivity index (χ4v) is 12.6. The molecule has 3 heterocycles. The Morgan fingerprint density at radius 3 is 1.17 bits per heavy atom. The summed E-state index contributed by atoms with van der Waals surface area (Å²) < 4.78 is 4.74. The van der Waals surface area contributed by atoms with Crippen LogP contribution in [0, 0.1) is 29.2 Å². The van der Waals surface area contributed by atoms with E-state index in [1.807, 2.05) is 84.9 Å². The van der Waals surface area contributed by atoms with Gasteiger partial charge in [0.25, 0.3) is 0 Å². The van der Waals surface area contributed by atoms with Gasteiger partial charge < -0.3 is 9.13 Å². The van der Waals surface area contributed by atoms with E-state index in [0.29, 0.717) is 34.3 Å². The monoisotopic (exact) mass is 1170 g/mol. The lowest BCUT2D eigenvalue weighted by atomic mass is 9.85. The molecular formula is C82H70N8. The summed E-state index contributed by atoms with van der Waals surface area (Å²) in [5.41, 5.74) is 19.7. The van der Waals surface area contributed by atoms with E-state index in [4.69, 9.17) is 21.5 Å². The highest BCUT2D eigenvalue weighted by Crippen LogP contribution is 2.45. The van der Waals surface area contributed by atoms with Crippen LogP contribution in [0.3, 0.4) is 0 Å². The van der Waals surface area contributed by atoms with Gasteiger partial charge in [-0.05, 0) is 146 Å². The molecule has 3 aromatic heterocycles. The molecule has 0 unspecified atom stereocenters. The highest BCUT2D eigenvalue weighted by Gasteiger charge is 2.27. The average Bonchev–Trinajstić information content (AvgIpc) is 1.57. The van der Waals surface area contributed by atoms with E-state index in [1.54, 1.807) is 0 Å². The summed E-state index contributed by atoms with van der Waals surface area (Å²) in [6.45, 7) is 35.2. The van der Waals surface area contributed by atoms with Crippen molar-refractivity contribution in [1.82, 2.24) is 24.1 Å². The summed E-state index contributed by atoms with van der Waals surface area (Å²) in [6, 6.07) is 76.5. The van der Waals surface area contributed by atoms with Gasteiger partial charge in [-0.3, -0.25) is 0 Å². The van der Waals surface area contributed by atoms with Gasteiger partial charge in [0.2, 0.25) is 0 Å². The van der Waals surface area contributed by atoms with Gasteiger partial charge in [0.15, 0.2) is 23.2 Å². The van der Waals surface area contributed by atoms with E-state index in [9.17, 15) is 10.5 Å². The maximum absolute atomic E-state index is 10.5. The van der Waals surface area contributed by atoms with Gasteiger partial charge in [-0.1, -0.05) is 204 Å². The summed E-state index contributed by atoms with van der Waals surface area (Å²) in [4.78, 5) is 20.5. The number of rotatable bonds is 8. The Balaban J connectivity index is 1.12. The Kier molecular flexibility index (Phi) is 14.2. The van der Waals surface area contributed by atoms with Crippen LogP contribution in [-0.2, 0) is 21.7 Å². The number of aromatic nitrogens is 5. The van der Waals surface area contributed by atoms with Crippen molar-refractivity contribution in [3.05, 3.63) is 251 Å². The zero-order valence-corrected chi connectivity index (χ0v) is 53.2. The Labute approximate surface area is 527 Å². The molecule has 0 spiro atoms. The highest BCUT2D eigenvalue weighted by molar-refractivity contribution is 6.12. The molecule has 13 aromatic rings. The molecule has 0 bridgehead atoms. The van der Waals surface area contributed by atoms with E-state index in [0.717, 1.165) is 105 Å². The van der Waals surface area contributed by atoms with Gasteiger partial charge in [0, 0.05) is 54.9 Å². The molecule has 0 atom stereocenters. The predicted molar refractivity (Wildman–Crippen MR) is 372 cm³/mol. The van der Waals surface area contributed by atoms with Crippen molar-refractivity contribution in [1.29, 1.82) is 10.5 Å². The van der Waals surface area contributed by atoms with E-state index >= 15 is 0 Å². The summed E-state index contributed by atoms with van der Waals surface area (Å²) >= 11 is 0. The first-order valence-corrected chi connectivity index (χ1v) is 30.8. The van der Waals surface area contributed by atoms with E-state index in [1.165, 1.54) is 22.3 Å². The number of hydrogen-bond acceptors (Lipinski definition) is 5. The van der Waals surface area contributed by atoms with Crippen LogP contribution in [0.15, 0.2) is 206 Å². The topological polar surface area (TPSA) is 100 Å². The van der Waals surface area contributed by atoms with Gasteiger partial charge in [0.1, 0.15) is 0 Å². The lowest BCUT2D eigenvalue weighted by Crippen LogP contribution is -2.10. The maximum atomic E-state index is 10.5. The third kappa shape index (κ3) is 10.5. The number of hydrogen-bond donors (Lipinski definition) is 0. The number of nitriles is 2. The minimum atomic E-state index is -0.100. The van der Waals surface area contributed by atoms with Crippen molar-refractivity contribution in [2.75, 3.05) is 0 Å². The molecule has 0 aliphatic carbocycles. The highest BCUT2D eigenvalue weighted by atomic mass is 15.0. The number of nitrogens with zero attached hydrogens (tertiary/aromatic N) is 8. The molecule has 0 N–H and O–H groups in total. The average molecular weight is 1170 g/mol. The maximum Gasteiger partial charge on any atom is 0.187 e.